The Morgan fingerprint density at radius 1 is 0.323 bits per heavy atom. The first-order valence-corrected chi connectivity index (χ1v) is 26.6. The van der Waals surface area contributed by atoms with Gasteiger partial charge in [0.25, 0.3) is 0 Å². The summed E-state index contributed by atoms with van der Waals surface area (Å²) in [6.45, 7) is 6.56. The predicted octanol–water partition coefficient (Wildman–Crippen LogP) is 17.5. The second kappa shape index (κ2) is 51.0. The van der Waals surface area contributed by atoms with Crippen LogP contribution in [0.2, 0.25) is 0 Å². The summed E-state index contributed by atoms with van der Waals surface area (Å²) < 4.78 is 16.8. The molecule has 0 aliphatic heterocycles. The minimum atomic E-state index is -0.775. The van der Waals surface area contributed by atoms with E-state index in [0.29, 0.717) is 19.3 Å². The fourth-order valence-electron chi connectivity index (χ4n) is 7.51. The first kappa shape index (κ1) is 59.4. The lowest BCUT2D eigenvalue weighted by Crippen LogP contribution is -2.30. The molecule has 0 aromatic heterocycles. The number of rotatable bonds is 48. The van der Waals surface area contributed by atoms with Crippen LogP contribution in [0.5, 0.6) is 0 Å². The highest BCUT2D eigenvalue weighted by molar-refractivity contribution is 5.71. The highest BCUT2D eigenvalue weighted by atomic mass is 16.6. The number of unbranched alkanes of at least 4 members (excludes halogenated alkanes) is 29. The predicted molar refractivity (Wildman–Crippen MR) is 265 cm³/mol. The lowest BCUT2D eigenvalue weighted by molar-refractivity contribution is -0.167. The van der Waals surface area contributed by atoms with Gasteiger partial charge in [0.15, 0.2) is 6.10 Å². The van der Waals surface area contributed by atoms with Gasteiger partial charge in [-0.3, -0.25) is 14.4 Å². The number of ether oxygens (including phenoxy) is 3. The number of allylic oxidation sites excluding steroid dienone is 8. The van der Waals surface area contributed by atoms with E-state index in [-0.39, 0.29) is 31.1 Å². The summed E-state index contributed by atoms with van der Waals surface area (Å²) in [5, 5.41) is 0. The molecule has 0 N–H and O–H groups in total. The third kappa shape index (κ3) is 48.4. The molecular weight excluding hydrogens is 769 g/mol. The molecule has 1 atom stereocenters. The Morgan fingerprint density at radius 3 is 0.984 bits per heavy atom. The Labute approximate surface area is 384 Å². The highest BCUT2D eigenvalue weighted by Gasteiger charge is 2.19. The van der Waals surface area contributed by atoms with E-state index in [1.807, 2.05) is 0 Å². The maximum atomic E-state index is 12.7. The molecule has 6 nitrogen and oxygen atoms in total. The Bertz CT molecular complexity index is 1090. The number of esters is 3. The molecule has 0 rings (SSSR count). The molecule has 0 aromatic carbocycles. The van der Waals surface area contributed by atoms with Crippen molar-refractivity contribution >= 4 is 17.9 Å². The molecule has 0 bridgehead atoms. The normalized spacial score (nSPS) is 12.4. The van der Waals surface area contributed by atoms with Gasteiger partial charge in [0, 0.05) is 19.3 Å². The van der Waals surface area contributed by atoms with Crippen molar-refractivity contribution in [2.45, 2.75) is 277 Å². The quantitative estimate of drug-likeness (QED) is 0.0262. The first-order chi connectivity index (χ1) is 30.5. The van der Waals surface area contributed by atoms with Crippen molar-refractivity contribution in [1.29, 1.82) is 0 Å². The molecule has 0 aliphatic rings. The van der Waals surface area contributed by atoms with Gasteiger partial charge in [-0.2, -0.15) is 0 Å². The second-order valence-electron chi connectivity index (χ2n) is 17.8. The first-order valence-electron chi connectivity index (χ1n) is 26.6. The summed E-state index contributed by atoms with van der Waals surface area (Å²) in [5.74, 6) is -0.889. The van der Waals surface area contributed by atoms with Crippen molar-refractivity contribution in [1.82, 2.24) is 0 Å². The van der Waals surface area contributed by atoms with Crippen molar-refractivity contribution in [3.8, 4) is 0 Å². The molecule has 6 heteroatoms. The van der Waals surface area contributed by atoms with Gasteiger partial charge < -0.3 is 14.2 Å². The number of hydrogen-bond acceptors (Lipinski definition) is 6. The van der Waals surface area contributed by atoms with Crippen LogP contribution in [0.1, 0.15) is 271 Å². The Kier molecular flexibility index (Phi) is 48.8. The van der Waals surface area contributed by atoms with Gasteiger partial charge in [-0.1, -0.05) is 223 Å². The third-order valence-electron chi connectivity index (χ3n) is 11.5. The van der Waals surface area contributed by atoms with Crippen LogP contribution in [0.15, 0.2) is 48.6 Å². The molecule has 360 valence electrons. The standard InChI is InChI=1S/C56H100O6/c1-4-7-10-13-16-19-22-23-24-25-26-27-28-29-30-31-32-33-35-37-40-43-46-49-55(58)61-52-53(51-60-54(57)48-45-42-39-36-21-18-15-12-9-6-3)62-56(59)50-47-44-41-38-34-20-17-14-11-8-5-2/h12,15,22-23,25-26,28-29,53H,4-11,13-14,16-21,24,27,30-52H2,1-3H3/b15-12-,23-22-,26-25-,29-28-. The van der Waals surface area contributed by atoms with Crippen LogP contribution in [0.25, 0.3) is 0 Å². The van der Waals surface area contributed by atoms with E-state index in [1.54, 1.807) is 0 Å². The number of carbonyl (C=O) groups excluding carboxylic acids is 3. The monoisotopic (exact) mass is 869 g/mol. The topological polar surface area (TPSA) is 78.9 Å². The Morgan fingerprint density at radius 2 is 0.613 bits per heavy atom. The Hall–Kier alpha value is -2.63. The average molecular weight is 869 g/mol. The summed E-state index contributed by atoms with van der Waals surface area (Å²) in [4.78, 5) is 37.9. The summed E-state index contributed by atoms with van der Waals surface area (Å²) >= 11 is 0. The van der Waals surface area contributed by atoms with Gasteiger partial charge in [0.2, 0.25) is 0 Å². The van der Waals surface area contributed by atoms with Crippen LogP contribution >= 0.6 is 0 Å². The number of hydrogen-bond donors (Lipinski definition) is 0. The van der Waals surface area contributed by atoms with Crippen LogP contribution in [0.4, 0.5) is 0 Å². The largest absolute Gasteiger partial charge is 0.462 e. The molecule has 0 amide bonds. The third-order valence-corrected chi connectivity index (χ3v) is 11.5. The molecule has 0 radical (unpaired) electrons. The lowest BCUT2D eigenvalue weighted by Gasteiger charge is -2.18. The van der Waals surface area contributed by atoms with Crippen LogP contribution in [-0.4, -0.2) is 37.2 Å². The molecule has 0 aromatic rings. The van der Waals surface area contributed by atoms with E-state index < -0.39 is 6.10 Å². The van der Waals surface area contributed by atoms with Crippen LogP contribution in [-0.2, 0) is 28.6 Å². The molecule has 0 aliphatic carbocycles. The zero-order chi connectivity index (χ0) is 45.1. The van der Waals surface area contributed by atoms with Crippen molar-refractivity contribution in [3.05, 3.63) is 48.6 Å². The molecule has 0 spiro atoms. The summed E-state index contributed by atoms with van der Waals surface area (Å²) in [7, 11) is 0. The van der Waals surface area contributed by atoms with Gasteiger partial charge in [0.1, 0.15) is 13.2 Å². The Balaban J connectivity index is 4.24. The SMILES string of the molecule is CCC/C=C\CCCCCCCC(=O)OCC(COC(=O)CCCCCCCCCC/C=C\C/C=C\C/C=C\CCCCCCC)OC(=O)CCCCCCCCCCCCC. The van der Waals surface area contributed by atoms with Crippen LogP contribution in [0, 0.1) is 0 Å². The lowest BCUT2D eigenvalue weighted by atomic mass is 10.1. The molecule has 0 heterocycles. The van der Waals surface area contributed by atoms with Crippen LogP contribution < -0.4 is 0 Å². The van der Waals surface area contributed by atoms with E-state index >= 15 is 0 Å². The summed E-state index contributed by atoms with van der Waals surface area (Å²) in [6, 6.07) is 0. The molecule has 1 unspecified atom stereocenters. The van der Waals surface area contributed by atoms with E-state index in [1.165, 1.54) is 141 Å². The van der Waals surface area contributed by atoms with Crippen molar-refractivity contribution in [2.75, 3.05) is 13.2 Å². The van der Waals surface area contributed by atoms with Gasteiger partial charge >= 0.3 is 17.9 Å². The fraction of sp³-hybridized carbons (Fsp3) is 0.804. The van der Waals surface area contributed by atoms with E-state index in [2.05, 4.69) is 69.4 Å². The van der Waals surface area contributed by atoms with Crippen molar-refractivity contribution in [2.24, 2.45) is 0 Å². The van der Waals surface area contributed by atoms with E-state index in [0.717, 1.165) is 89.9 Å². The molecular formula is C56H100O6. The van der Waals surface area contributed by atoms with Crippen LogP contribution in [0.3, 0.4) is 0 Å². The van der Waals surface area contributed by atoms with E-state index in [9.17, 15) is 14.4 Å². The maximum Gasteiger partial charge on any atom is 0.306 e. The van der Waals surface area contributed by atoms with Crippen molar-refractivity contribution in [3.63, 3.8) is 0 Å². The van der Waals surface area contributed by atoms with E-state index in [4.69, 9.17) is 14.2 Å². The molecule has 0 fully saturated rings. The summed E-state index contributed by atoms with van der Waals surface area (Å²) in [5.41, 5.74) is 0. The number of carbonyl (C=O) groups is 3. The maximum absolute atomic E-state index is 12.7. The average Bonchev–Trinajstić information content (AvgIpc) is 3.27. The van der Waals surface area contributed by atoms with Gasteiger partial charge in [-0.05, 0) is 77.0 Å². The second-order valence-corrected chi connectivity index (χ2v) is 17.8. The summed E-state index contributed by atoms with van der Waals surface area (Å²) in [6.07, 6.45) is 61.0. The zero-order valence-electron chi connectivity index (χ0n) is 41.1. The molecule has 62 heavy (non-hydrogen) atoms. The van der Waals surface area contributed by atoms with Crippen molar-refractivity contribution < 1.29 is 28.6 Å². The molecule has 0 saturated carbocycles. The van der Waals surface area contributed by atoms with Gasteiger partial charge in [0.05, 0.1) is 0 Å². The minimum absolute atomic E-state index is 0.0777. The molecule has 0 saturated heterocycles. The fourth-order valence-corrected chi connectivity index (χ4v) is 7.51. The minimum Gasteiger partial charge on any atom is -0.462 e. The zero-order valence-corrected chi connectivity index (χ0v) is 41.1. The van der Waals surface area contributed by atoms with Gasteiger partial charge in [-0.15, -0.1) is 0 Å². The highest BCUT2D eigenvalue weighted by Crippen LogP contribution is 2.15. The van der Waals surface area contributed by atoms with Gasteiger partial charge in [-0.25, -0.2) is 0 Å². The smallest absolute Gasteiger partial charge is 0.306 e.